The van der Waals surface area contributed by atoms with Crippen LogP contribution in [0.15, 0.2) is 42.6 Å². The van der Waals surface area contributed by atoms with Gasteiger partial charge in [-0.3, -0.25) is 0 Å². The highest BCUT2D eigenvalue weighted by Gasteiger charge is 2.30. The lowest BCUT2D eigenvalue weighted by Crippen LogP contribution is -2.39. The first-order chi connectivity index (χ1) is 10.3. The van der Waals surface area contributed by atoms with Crippen LogP contribution in [0.5, 0.6) is 5.88 Å². The molecule has 110 valence electrons. The van der Waals surface area contributed by atoms with Gasteiger partial charge in [-0.05, 0) is 42.9 Å². The highest BCUT2D eigenvalue weighted by Crippen LogP contribution is 2.38. The van der Waals surface area contributed by atoms with Crippen molar-refractivity contribution >= 4 is 0 Å². The van der Waals surface area contributed by atoms with Gasteiger partial charge in [-0.2, -0.15) is 0 Å². The maximum Gasteiger partial charge on any atom is 0.217 e. The maximum atomic E-state index is 5.28. The number of methoxy groups -OCH3 is 1. The monoisotopic (exact) mass is 282 g/mol. The van der Waals surface area contributed by atoms with Crippen LogP contribution in [0.2, 0.25) is 0 Å². The Morgan fingerprint density at radius 2 is 2.00 bits per heavy atom. The lowest BCUT2D eigenvalue weighted by atomic mass is 9.74. The molecule has 0 atom stereocenters. The van der Waals surface area contributed by atoms with E-state index in [-0.39, 0.29) is 0 Å². The first-order valence-corrected chi connectivity index (χ1v) is 7.54. The topological polar surface area (TPSA) is 34.1 Å². The van der Waals surface area contributed by atoms with Gasteiger partial charge in [0.15, 0.2) is 0 Å². The molecule has 0 spiro atoms. The van der Waals surface area contributed by atoms with E-state index >= 15 is 0 Å². The Morgan fingerprint density at radius 3 is 2.76 bits per heavy atom. The molecule has 1 N–H and O–H groups in total. The summed E-state index contributed by atoms with van der Waals surface area (Å²) in [5, 5.41) is 3.61. The van der Waals surface area contributed by atoms with Crippen LogP contribution in [0.3, 0.4) is 0 Å². The first kappa shape index (κ1) is 14.1. The number of hydrogen-bond donors (Lipinski definition) is 1. The summed E-state index contributed by atoms with van der Waals surface area (Å²) >= 11 is 0. The molecule has 0 unspecified atom stereocenters. The molecule has 3 nitrogen and oxygen atoms in total. The van der Waals surface area contributed by atoms with Crippen molar-refractivity contribution in [1.82, 2.24) is 10.3 Å². The van der Waals surface area contributed by atoms with Crippen molar-refractivity contribution in [2.75, 3.05) is 7.11 Å². The molecule has 1 aliphatic rings. The van der Waals surface area contributed by atoms with Gasteiger partial charge in [0.25, 0.3) is 0 Å². The quantitative estimate of drug-likeness (QED) is 0.912. The second-order valence-electron chi connectivity index (χ2n) is 5.77. The van der Waals surface area contributed by atoms with Gasteiger partial charge in [0.1, 0.15) is 0 Å². The van der Waals surface area contributed by atoms with Gasteiger partial charge < -0.3 is 10.1 Å². The Balaban J connectivity index is 1.53. The van der Waals surface area contributed by atoms with E-state index in [1.807, 2.05) is 6.07 Å². The maximum absolute atomic E-state index is 5.28. The summed E-state index contributed by atoms with van der Waals surface area (Å²) in [7, 11) is 1.67. The summed E-state index contributed by atoms with van der Waals surface area (Å²) in [5.74, 6) is 1.43. The van der Waals surface area contributed by atoms with E-state index in [1.165, 1.54) is 24.0 Å². The van der Waals surface area contributed by atoms with Crippen LogP contribution in [0.1, 0.15) is 35.4 Å². The zero-order chi connectivity index (χ0) is 14.7. The molecule has 3 rings (SSSR count). The van der Waals surface area contributed by atoms with Crippen molar-refractivity contribution < 1.29 is 4.74 Å². The molecule has 2 aromatic rings. The summed E-state index contributed by atoms with van der Waals surface area (Å²) < 4.78 is 5.28. The van der Waals surface area contributed by atoms with E-state index in [1.54, 1.807) is 13.3 Å². The molecule has 1 aromatic heterocycles. The zero-order valence-electron chi connectivity index (χ0n) is 12.7. The number of ether oxygens (including phenoxy) is 1. The van der Waals surface area contributed by atoms with Gasteiger partial charge >= 0.3 is 0 Å². The van der Waals surface area contributed by atoms with Crippen LogP contribution in [0.25, 0.3) is 0 Å². The van der Waals surface area contributed by atoms with Gasteiger partial charge in [-0.15, -0.1) is 0 Å². The number of benzene rings is 1. The van der Waals surface area contributed by atoms with Gasteiger partial charge in [0.05, 0.1) is 7.11 Å². The van der Waals surface area contributed by atoms with Crippen molar-refractivity contribution in [1.29, 1.82) is 0 Å². The molecular formula is C18H22N2O. The lowest BCUT2D eigenvalue weighted by Gasteiger charge is -2.37. The second-order valence-corrected chi connectivity index (χ2v) is 5.77. The van der Waals surface area contributed by atoms with E-state index in [2.05, 4.69) is 47.6 Å². The van der Waals surface area contributed by atoms with Crippen LogP contribution < -0.4 is 10.1 Å². The summed E-state index contributed by atoms with van der Waals surface area (Å²) in [4.78, 5) is 4.23. The Kier molecular flexibility index (Phi) is 4.20. The van der Waals surface area contributed by atoms with E-state index in [0.29, 0.717) is 12.0 Å². The highest BCUT2D eigenvalue weighted by atomic mass is 16.5. The van der Waals surface area contributed by atoms with E-state index in [0.717, 1.165) is 18.0 Å². The Hall–Kier alpha value is -1.87. The minimum Gasteiger partial charge on any atom is -0.481 e. The zero-order valence-corrected chi connectivity index (χ0v) is 12.7. The normalized spacial score (nSPS) is 20.9. The number of nitrogens with zero attached hydrogens (tertiary/aromatic N) is 1. The molecule has 0 bridgehead atoms. The molecular weight excluding hydrogens is 260 g/mol. The molecule has 1 fully saturated rings. The third kappa shape index (κ3) is 3.08. The molecule has 0 amide bonds. The molecule has 0 saturated heterocycles. The van der Waals surface area contributed by atoms with Gasteiger partial charge in [-0.25, -0.2) is 4.98 Å². The standard InChI is InChI=1S/C18H22N2O/c1-13-6-3-4-8-17(13)15-10-16(11-15)20-12-14-7-5-9-19-18(14)21-2/h3-9,15-16,20H,10-12H2,1-2H3. The molecule has 1 aromatic carbocycles. The fourth-order valence-corrected chi connectivity index (χ4v) is 3.08. The Labute approximate surface area is 126 Å². The van der Waals surface area contributed by atoms with Crippen molar-refractivity contribution in [3.8, 4) is 5.88 Å². The van der Waals surface area contributed by atoms with Gasteiger partial charge in [0, 0.05) is 24.3 Å². The number of rotatable bonds is 5. The molecule has 3 heteroatoms. The molecule has 0 aliphatic heterocycles. The highest BCUT2D eigenvalue weighted by molar-refractivity contribution is 5.31. The summed E-state index contributed by atoms with van der Waals surface area (Å²) in [6.45, 7) is 3.03. The number of nitrogens with one attached hydrogen (secondary N) is 1. The number of aromatic nitrogens is 1. The fraction of sp³-hybridized carbons (Fsp3) is 0.389. The third-order valence-corrected chi connectivity index (χ3v) is 4.39. The Bertz CT molecular complexity index is 606. The van der Waals surface area contributed by atoms with Gasteiger partial charge in [0.2, 0.25) is 5.88 Å². The average molecular weight is 282 g/mol. The minimum absolute atomic E-state index is 0.597. The number of pyridine rings is 1. The number of aryl methyl sites for hydroxylation is 1. The fourth-order valence-electron chi connectivity index (χ4n) is 3.08. The van der Waals surface area contributed by atoms with E-state index < -0.39 is 0 Å². The Morgan fingerprint density at radius 1 is 1.19 bits per heavy atom. The smallest absolute Gasteiger partial charge is 0.217 e. The van der Waals surface area contributed by atoms with Crippen molar-refractivity contribution in [2.45, 2.75) is 38.3 Å². The molecule has 1 aliphatic carbocycles. The second kappa shape index (κ2) is 6.27. The molecule has 1 heterocycles. The average Bonchev–Trinajstić information content (AvgIpc) is 2.47. The van der Waals surface area contributed by atoms with Crippen LogP contribution in [0.4, 0.5) is 0 Å². The van der Waals surface area contributed by atoms with Crippen LogP contribution in [-0.2, 0) is 6.54 Å². The molecule has 21 heavy (non-hydrogen) atoms. The van der Waals surface area contributed by atoms with Crippen LogP contribution in [-0.4, -0.2) is 18.1 Å². The van der Waals surface area contributed by atoms with Crippen molar-refractivity contribution in [3.05, 3.63) is 59.3 Å². The summed E-state index contributed by atoms with van der Waals surface area (Å²) in [6, 6.07) is 13.3. The van der Waals surface area contributed by atoms with E-state index in [4.69, 9.17) is 4.74 Å². The number of hydrogen-bond acceptors (Lipinski definition) is 3. The minimum atomic E-state index is 0.597. The predicted octanol–water partition coefficient (Wildman–Crippen LogP) is 3.43. The van der Waals surface area contributed by atoms with Crippen molar-refractivity contribution in [2.24, 2.45) is 0 Å². The molecule has 0 radical (unpaired) electrons. The summed E-state index contributed by atoms with van der Waals surface area (Å²) in [6.07, 6.45) is 4.20. The van der Waals surface area contributed by atoms with Crippen LogP contribution >= 0.6 is 0 Å². The van der Waals surface area contributed by atoms with E-state index in [9.17, 15) is 0 Å². The first-order valence-electron chi connectivity index (χ1n) is 7.54. The van der Waals surface area contributed by atoms with Gasteiger partial charge in [-0.1, -0.05) is 30.3 Å². The summed E-state index contributed by atoms with van der Waals surface area (Å²) in [5.41, 5.74) is 4.05. The third-order valence-electron chi connectivity index (χ3n) is 4.39. The largest absolute Gasteiger partial charge is 0.481 e. The van der Waals surface area contributed by atoms with Crippen molar-refractivity contribution in [3.63, 3.8) is 0 Å². The molecule has 1 saturated carbocycles. The lowest BCUT2D eigenvalue weighted by molar-refractivity contribution is 0.286. The SMILES string of the molecule is COc1ncccc1CNC1CC(c2ccccc2C)C1. The van der Waals surface area contributed by atoms with Crippen LogP contribution in [0, 0.1) is 6.92 Å². The predicted molar refractivity (Wildman–Crippen MR) is 84.6 cm³/mol.